The summed E-state index contributed by atoms with van der Waals surface area (Å²) in [6.07, 6.45) is -2.00. The van der Waals surface area contributed by atoms with E-state index in [1.807, 2.05) is 13.8 Å². The molecule has 1 aromatic carbocycles. The third-order valence-corrected chi connectivity index (χ3v) is 3.19. The first-order valence-corrected chi connectivity index (χ1v) is 7.07. The van der Waals surface area contributed by atoms with Crippen LogP contribution >= 0.6 is 31.9 Å². The average molecular weight is 380 g/mol. The normalized spacial score (nSPS) is 12.6. The van der Waals surface area contributed by atoms with E-state index in [2.05, 4.69) is 31.9 Å². The minimum Gasteiger partial charge on any atom is -0.296 e. The summed E-state index contributed by atoms with van der Waals surface area (Å²) in [7, 11) is 0. The predicted octanol–water partition coefficient (Wildman–Crippen LogP) is 4.35. The van der Waals surface area contributed by atoms with Crippen LogP contribution in [0.25, 0.3) is 0 Å². The molecular formula is C13H13Br2FO2. The molecule has 18 heavy (non-hydrogen) atoms. The van der Waals surface area contributed by atoms with Crippen molar-refractivity contribution in [1.29, 1.82) is 0 Å². The van der Waals surface area contributed by atoms with Crippen LogP contribution in [-0.4, -0.2) is 17.7 Å². The largest absolute Gasteiger partial charge is 0.296 e. The van der Waals surface area contributed by atoms with Gasteiger partial charge in [-0.05, 0) is 24.1 Å². The monoisotopic (exact) mass is 378 g/mol. The van der Waals surface area contributed by atoms with E-state index in [-0.39, 0.29) is 17.9 Å². The second-order valence-corrected chi connectivity index (χ2v) is 6.28. The molecule has 0 spiro atoms. The summed E-state index contributed by atoms with van der Waals surface area (Å²) >= 11 is 6.44. The van der Waals surface area contributed by atoms with E-state index < -0.39 is 17.7 Å². The first kappa shape index (κ1) is 15.5. The zero-order chi connectivity index (χ0) is 13.9. The maximum absolute atomic E-state index is 13.8. The van der Waals surface area contributed by atoms with Gasteiger partial charge in [0.2, 0.25) is 12.0 Å². The summed E-state index contributed by atoms with van der Waals surface area (Å²) in [4.78, 5) is 23.4. The molecule has 0 radical (unpaired) electrons. The molecule has 0 saturated carbocycles. The summed E-state index contributed by atoms with van der Waals surface area (Å²) in [6.45, 7) is 3.62. The Balaban J connectivity index is 2.89. The molecular weight excluding hydrogens is 367 g/mol. The molecule has 0 bridgehead atoms. The highest BCUT2D eigenvalue weighted by Gasteiger charge is 2.27. The SMILES string of the molecule is CC(C)CC(=O)C(F)C(=O)c1cc(Br)cc(Br)c1. The van der Waals surface area contributed by atoms with Crippen molar-refractivity contribution in [2.75, 3.05) is 0 Å². The van der Waals surface area contributed by atoms with Crippen molar-refractivity contribution in [2.45, 2.75) is 26.4 Å². The molecule has 1 atom stereocenters. The van der Waals surface area contributed by atoms with Gasteiger partial charge < -0.3 is 0 Å². The van der Waals surface area contributed by atoms with Gasteiger partial charge in [-0.2, -0.15) is 0 Å². The molecule has 0 amide bonds. The summed E-state index contributed by atoms with van der Waals surface area (Å²) in [5.74, 6) is -1.41. The summed E-state index contributed by atoms with van der Waals surface area (Å²) in [5, 5.41) is 0. The van der Waals surface area contributed by atoms with E-state index in [0.717, 1.165) is 0 Å². The summed E-state index contributed by atoms with van der Waals surface area (Å²) in [5.41, 5.74) is 0.181. The fourth-order valence-corrected chi connectivity index (χ4v) is 2.79. The van der Waals surface area contributed by atoms with E-state index >= 15 is 0 Å². The molecule has 5 heteroatoms. The lowest BCUT2D eigenvalue weighted by Crippen LogP contribution is -2.26. The Morgan fingerprint density at radius 1 is 1.17 bits per heavy atom. The van der Waals surface area contributed by atoms with Crippen LogP contribution in [0.1, 0.15) is 30.6 Å². The van der Waals surface area contributed by atoms with Crippen LogP contribution in [0, 0.1) is 5.92 Å². The smallest absolute Gasteiger partial charge is 0.220 e. The second-order valence-electron chi connectivity index (χ2n) is 4.45. The van der Waals surface area contributed by atoms with Crippen LogP contribution in [0.15, 0.2) is 27.1 Å². The van der Waals surface area contributed by atoms with Crippen molar-refractivity contribution < 1.29 is 14.0 Å². The van der Waals surface area contributed by atoms with Gasteiger partial charge in [0.1, 0.15) is 0 Å². The molecule has 0 aromatic heterocycles. The van der Waals surface area contributed by atoms with Gasteiger partial charge >= 0.3 is 0 Å². The highest BCUT2D eigenvalue weighted by atomic mass is 79.9. The van der Waals surface area contributed by atoms with Crippen LogP contribution in [0.2, 0.25) is 0 Å². The third kappa shape index (κ3) is 4.28. The Morgan fingerprint density at radius 2 is 1.67 bits per heavy atom. The number of hydrogen-bond donors (Lipinski definition) is 0. The van der Waals surface area contributed by atoms with Gasteiger partial charge in [0.05, 0.1) is 0 Å². The van der Waals surface area contributed by atoms with E-state index in [1.54, 1.807) is 6.07 Å². The Kier molecular flexibility index (Phi) is 5.66. The minimum absolute atomic E-state index is 0.0396. The van der Waals surface area contributed by atoms with E-state index in [1.165, 1.54) is 12.1 Å². The lowest BCUT2D eigenvalue weighted by Gasteiger charge is -2.09. The minimum atomic E-state index is -2.08. The number of carbonyl (C=O) groups is 2. The zero-order valence-electron chi connectivity index (χ0n) is 10.0. The number of carbonyl (C=O) groups excluding carboxylic acids is 2. The number of ketones is 2. The first-order valence-electron chi connectivity index (χ1n) is 5.48. The highest BCUT2D eigenvalue weighted by molar-refractivity contribution is 9.11. The van der Waals surface area contributed by atoms with Gasteiger partial charge in [0, 0.05) is 20.9 Å². The van der Waals surface area contributed by atoms with Gasteiger partial charge in [0.25, 0.3) is 0 Å². The van der Waals surface area contributed by atoms with Crippen LogP contribution in [0.5, 0.6) is 0 Å². The third-order valence-electron chi connectivity index (χ3n) is 2.27. The van der Waals surface area contributed by atoms with Gasteiger partial charge in [-0.25, -0.2) is 4.39 Å². The molecule has 2 nitrogen and oxygen atoms in total. The molecule has 1 rings (SSSR count). The van der Waals surface area contributed by atoms with E-state index in [4.69, 9.17) is 0 Å². The molecule has 0 fully saturated rings. The van der Waals surface area contributed by atoms with E-state index in [9.17, 15) is 14.0 Å². The number of alkyl halides is 1. The lowest BCUT2D eigenvalue weighted by atomic mass is 9.98. The molecule has 98 valence electrons. The average Bonchev–Trinajstić information content (AvgIpc) is 2.24. The van der Waals surface area contributed by atoms with Crippen molar-refractivity contribution in [3.05, 3.63) is 32.7 Å². The summed E-state index contributed by atoms with van der Waals surface area (Å²) < 4.78 is 15.1. The molecule has 0 aliphatic heterocycles. The second kappa shape index (κ2) is 6.57. The van der Waals surface area contributed by atoms with E-state index in [0.29, 0.717) is 8.95 Å². The van der Waals surface area contributed by atoms with Gasteiger partial charge in [-0.15, -0.1) is 0 Å². The quantitative estimate of drug-likeness (QED) is 0.563. The van der Waals surface area contributed by atoms with Gasteiger partial charge in [-0.3, -0.25) is 9.59 Å². The standard InChI is InChI=1S/C13H13Br2FO2/c1-7(2)3-11(17)12(16)13(18)8-4-9(14)6-10(15)5-8/h4-7,12H,3H2,1-2H3. The number of Topliss-reactive ketones (excluding diaryl/α,β-unsaturated/α-hetero) is 2. The van der Waals surface area contributed by atoms with Crippen molar-refractivity contribution in [3.8, 4) is 0 Å². The zero-order valence-corrected chi connectivity index (χ0v) is 13.2. The summed E-state index contributed by atoms with van der Waals surface area (Å²) in [6, 6.07) is 4.74. The fourth-order valence-electron chi connectivity index (χ4n) is 1.49. The maximum atomic E-state index is 13.8. The maximum Gasteiger partial charge on any atom is 0.220 e. The Hall–Kier alpha value is -0.550. The molecule has 1 unspecified atom stereocenters. The van der Waals surface area contributed by atoms with Crippen molar-refractivity contribution in [1.82, 2.24) is 0 Å². The Morgan fingerprint density at radius 3 is 2.11 bits per heavy atom. The number of benzene rings is 1. The highest BCUT2D eigenvalue weighted by Crippen LogP contribution is 2.22. The predicted molar refractivity (Wildman–Crippen MR) is 75.5 cm³/mol. The van der Waals surface area contributed by atoms with Crippen molar-refractivity contribution in [3.63, 3.8) is 0 Å². The van der Waals surface area contributed by atoms with Crippen molar-refractivity contribution >= 4 is 43.4 Å². The molecule has 0 N–H and O–H groups in total. The molecule has 0 aliphatic carbocycles. The molecule has 0 heterocycles. The number of rotatable bonds is 5. The fraction of sp³-hybridized carbons (Fsp3) is 0.385. The van der Waals surface area contributed by atoms with Crippen LogP contribution in [-0.2, 0) is 4.79 Å². The molecule has 1 aromatic rings. The Bertz CT molecular complexity index is 452. The number of hydrogen-bond acceptors (Lipinski definition) is 2. The van der Waals surface area contributed by atoms with Crippen LogP contribution < -0.4 is 0 Å². The van der Waals surface area contributed by atoms with Gasteiger partial charge in [0.15, 0.2) is 5.78 Å². The van der Waals surface area contributed by atoms with Crippen LogP contribution in [0.3, 0.4) is 0 Å². The topological polar surface area (TPSA) is 34.1 Å². The molecule has 0 aliphatic rings. The lowest BCUT2D eigenvalue weighted by molar-refractivity contribution is -0.122. The molecule has 0 saturated heterocycles. The number of halogens is 3. The Labute approximate surface area is 122 Å². The van der Waals surface area contributed by atoms with Crippen molar-refractivity contribution in [2.24, 2.45) is 5.92 Å². The van der Waals surface area contributed by atoms with Gasteiger partial charge in [-0.1, -0.05) is 45.7 Å². The van der Waals surface area contributed by atoms with Crippen LogP contribution in [0.4, 0.5) is 4.39 Å². The first-order chi connectivity index (χ1) is 8.31.